The van der Waals surface area contributed by atoms with E-state index < -0.39 is 17.4 Å². The van der Waals surface area contributed by atoms with Gasteiger partial charge in [-0.3, -0.25) is 9.59 Å². The molecule has 1 atom stereocenters. The van der Waals surface area contributed by atoms with Crippen LogP contribution in [0.1, 0.15) is 18.1 Å². The third kappa shape index (κ3) is 3.40. The second-order valence-electron chi connectivity index (χ2n) is 6.50. The van der Waals surface area contributed by atoms with Crippen molar-refractivity contribution in [3.63, 3.8) is 0 Å². The average molecular weight is 336 g/mol. The van der Waals surface area contributed by atoms with Crippen LogP contribution in [0.15, 0.2) is 65.9 Å². The van der Waals surface area contributed by atoms with E-state index in [4.69, 9.17) is 0 Å². The zero-order chi connectivity index (χ0) is 18.0. The van der Waals surface area contributed by atoms with Crippen molar-refractivity contribution < 1.29 is 14.7 Å². The fourth-order valence-corrected chi connectivity index (χ4v) is 3.01. The lowest BCUT2D eigenvalue weighted by Crippen LogP contribution is -2.43. The lowest BCUT2D eigenvalue weighted by molar-refractivity contribution is -0.121. The highest BCUT2D eigenvalue weighted by Crippen LogP contribution is 2.29. The van der Waals surface area contributed by atoms with Crippen molar-refractivity contribution in [3.8, 4) is 0 Å². The minimum atomic E-state index is -1.00. The summed E-state index contributed by atoms with van der Waals surface area (Å²) in [5, 5.41) is 16.0. The van der Waals surface area contributed by atoms with E-state index in [-0.39, 0.29) is 11.3 Å². The summed E-state index contributed by atoms with van der Waals surface area (Å²) in [5.41, 5.74) is 1.28. The normalized spacial score (nSPS) is 19.7. The molecule has 0 spiro atoms. The Morgan fingerprint density at radius 3 is 2.56 bits per heavy atom. The standard InChI is InChI=1S/C20H20N2O3/c1-13-7-6-10-15(11-13)21-18(24)16-17(23)20(2,22-19(16)25)12-14-8-4-3-5-9-14/h3-11,23H,12H2,1-2H3,(H,21,24)(H,22,25). The molecular weight excluding hydrogens is 316 g/mol. The summed E-state index contributed by atoms with van der Waals surface area (Å²) < 4.78 is 0. The fraction of sp³-hybridized carbons (Fsp3) is 0.200. The molecule has 1 heterocycles. The first-order valence-corrected chi connectivity index (χ1v) is 8.07. The number of aliphatic hydroxyl groups excluding tert-OH is 1. The minimum Gasteiger partial charge on any atom is -0.509 e. The summed E-state index contributed by atoms with van der Waals surface area (Å²) in [6.45, 7) is 3.62. The molecule has 1 aliphatic heterocycles. The molecule has 1 unspecified atom stereocenters. The summed E-state index contributed by atoms with van der Waals surface area (Å²) in [4.78, 5) is 24.8. The summed E-state index contributed by atoms with van der Waals surface area (Å²) in [6.07, 6.45) is 0.395. The van der Waals surface area contributed by atoms with E-state index in [2.05, 4.69) is 10.6 Å². The topological polar surface area (TPSA) is 78.4 Å². The van der Waals surface area contributed by atoms with Gasteiger partial charge in [-0.15, -0.1) is 0 Å². The largest absolute Gasteiger partial charge is 0.509 e. The third-order valence-corrected chi connectivity index (χ3v) is 4.28. The van der Waals surface area contributed by atoms with E-state index >= 15 is 0 Å². The number of anilines is 1. The van der Waals surface area contributed by atoms with E-state index in [0.29, 0.717) is 12.1 Å². The maximum Gasteiger partial charge on any atom is 0.264 e. The first kappa shape index (κ1) is 16.8. The Balaban J connectivity index is 1.85. The Bertz CT molecular complexity index is 858. The number of rotatable bonds is 4. The molecule has 0 bridgehead atoms. The third-order valence-electron chi connectivity index (χ3n) is 4.28. The van der Waals surface area contributed by atoms with Gasteiger partial charge in [-0.2, -0.15) is 0 Å². The predicted molar refractivity (Wildman–Crippen MR) is 96.2 cm³/mol. The van der Waals surface area contributed by atoms with Gasteiger partial charge >= 0.3 is 0 Å². The van der Waals surface area contributed by atoms with E-state index in [0.717, 1.165) is 11.1 Å². The second-order valence-corrected chi connectivity index (χ2v) is 6.50. The van der Waals surface area contributed by atoms with Crippen LogP contribution in [0.3, 0.4) is 0 Å². The first-order valence-electron chi connectivity index (χ1n) is 8.07. The lowest BCUT2D eigenvalue weighted by atomic mass is 9.91. The number of hydrogen-bond acceptors (Lipinski definition) is 3. The molecule has 0 saturated carbocycles. The molecule has 3 N–H and O–H groups in total. The van der Waals surface area contributed by atoms with Crippen molar-refractivity contribution in [2.45, 2.75) is 25.8 Å². The minimum absolute atomic E-state index is 0.230. The maximum atomic E-state index is 12.5. The number of hydrogen-bond donors (Lipinski definition) is 3. The average Bonchev–Trinajstić information content (AvgIpc) is 2.77. The number of aryl methyl sites for hydroxylation is 1. The zero-order valence-electron chi connectivity index (χ0n) is 14.2. The number of nitrogens with one attached hydrogen (secondary N) is 2. The maximum absolute atomic E-state index is 12.5. The zero-order valence-corrected chi connectivity index (χ0v) is 14.2. The van der Waals surface area contributed by atoms with Crippen molar-refractivity contribution in [1.82, 2.24) is 5.32 Å². The molecule has 0 aromatic heterocycles. The first-order chi connectivity index (χ1) is 11.9. The van der Waals surface area contributed by atoms with Gasteiger partial charge in [0.1, 0.15) is 11.3 Å². The van der Waals surface area contributed by atoms with E-state index in [1.807, 2.05) is 49.4 Å². The van der Waals surface area contributed by atoms with Crippen molar-refractivity contribution >= 4 is 17.5 Å². The van der Waals surface area contributed by atoms with Crippen molar-refractivity contribution in [1.29, 1.82) is 0 Å². The quantitative estimate of drug-likeness (QED) is 0.751. The monoisotopic (exact) mass is 336 g/mol. The van der Waals surface area contributed by atoms with E-state index in [1.165, 1.54) is 0 Å². The Morgan fingerprint density at radius 2 is 1.88 bits per heavy atom. The molecule has 5 heteroatoms. The summed E-state index contributed by atoms with van der Waals surface area (Å²) in [6, 6.07) is 16.8. The van der Waals surface area contributed by atoms with Crippen LogP contribution in [0.25, 0.3) is 0 Å². The summed E-state index contributed by atoms with van der Waals surface area (Å²) in [7, 11) is 0. The number of carbonyl (C=O) groups is 2. The molecule has 1 aliphatic rings. The number of amides is 2. The van der Waals surface area contributed by atoms with Gasteiger partial charge in [-0.05, 0) is 37.1 Å². The molecule has 0 radical (unpaired) electrons. The Kier molecular flexibility index (Phi) is 4.31. The number of benzene rings is 2. The molecule has 2 amide bonds. The van der Waals surface area contributed by atoms with E-state index in [1.54, 1.807) is 19.1 Å². The van der Waals surface area contributed by atoms with Crippen LogP contribution in [-0.2, 0) is 16.0 Å². The molecule has 2 aromatic rings. The second kappa shape index (κ2) is 6.43. The molecule has 25 heavy (non-hydrogen) atoms. The van der Waals surface area contributed by atoms with Crippen LogP contribution < -0.4 is 10.6 Å². The Hall–Kier alpha value is -3.08. The van der Waals surface area contributed by atoms with Gasteiger partial charge in [-0.1, -0.05) is 42.5 Å². The van der Waals surface area contributed by atoms with E-state index in [9.17, 15) is 14.7 Å². The molecule has 2 aromatic carbocycles. The molecule has 0 aliphatic carbocycles. The van der Waals surface area contributed by atoms with Crippen LogP contribution in [0.4, 0.5) is 5.69 Å². The predicted octanol–water partition coefficient (Wildman–Crippen LogP) is 2.88. The highest BCUT2D eigenvalue weighted by molar-refractivity contribution is 6.24. The lowest BCUT2D eigenvalue weighted by Gasteiger charge is -2.24. The van der Waals surface area contributed by atoms with Crippen molar-refractivity contribution in [3.05, 3.63) is 77.1 Å². The highest BCUT2D eigenvalue weighted by atomic mass is 16.3. The van der Waals surface area contributed by atoms with Gasteiger partial charge in [0.05, 0.1) is 5.54 Å². The van der Waals surface area contributed by atoms with Gasteiger partial charge in [0.25, 0.3) is 11.8 Å². The molecule has 128 valence electrons. The molecule has 5 nitrogen and oxygen atoms in total. The van der Waals surface area contributed by atoms with Crippen molar-refractivity contribution in [2.24, 2.45) is 0 Å². The smallest absolute Gasteiger partial charge is 0.264 e. The highest BCUT2D eigenvalue weighted by Gasteiger charge is 2.44. The van der Waals surface area contributed by atoms with Crippen LogP contribution in [0.2, 0.25) is 0 Å². The van der Waals surface area contributed by atoms with Gasteiger partial charge in [-0.25, -0.2) is 0 Å². The summed E-state index contributed by atoms with van der Waals surface area (Å²) >= 11 is 0. The molecule has 3 rings (SSSR count). The number of carbonyl (C=O) groups excluding carboxylic acids is 2. The Morgan fingerprint density at radius 1 is 1.16 bits per heavy atom. The van der Waals surface area contributed by atoms with Crippen molar-refractivity contribution in [2.75, 3.05) is 5.32 Å². The van der Waals surface area contributed by atoms with Crippen LogP contribution in [-0.4, -0.2) is 22.5 Å². The SMILES string of the molecule is Cc1cccc(NC(=O)C2=C(O)C(C)(Cc3ccccc3)NC2=O)c1. The number of aliphatic hydroxyl groups is 1. The molecular formula is C20H20N2O3. The van der Waals surface area contributed by atoms with Crippen LogP contribution in [0, 0.1) is 6.92 Å². The van der Waals surface area contributed by atoms with Gasteiger partial charge in [0.2, 0.25) is 0 Å². The Labute approximate surface area is 146 Å². The molecule has 0 fully saturated rings. The van der Waals surface area contributed by atoms with Gasteiger partial charge in [0.15, 0.2) is 0 Å². The van der Waals surface area contributed by atoms with Gasteiger partial charge in [0, 0.05) is 12.1 Å². The van der Waals surface area contributed by atoms with Gasteiger partial charge < -0.3 is 15.7 Å². The van der Waals surface area contributed by atoms with Crippen LogP contribution in [0.5, 0.6) is 0 Å². The van der Waals surface area contributed by atoms with Crippen LogP contribution >= 0.6 is 0 Å². The molecule has 0 saturated heterocycles. The fourth-order valence-electron chi connectivity index (χ4n) is 3.01. The summed E-state index contributed by atoms with van der Waals surface area (Å²) in [5.74, 6) is -1.41.